The van der Waals surface area contributed by atoms with Crippen LogP contribution in [0.3, 0.4) is 0 Å². The lowest BCUT2D eigenvalue weighted by molar-refractivity contribution is -0.145. The first-order chi connectivity index (χ1) is 13.5. The Morgan fingerprint density at radius 3 is 2.93 bits per heavy atom. The molecular weight excluding hydrogens is 418 g/mol. The molecule has 5 heteroatoms. The van der Waals surface area contributed by atoms with Gasteiger partial charge in [-0.3, -0.25) is 9.69 Å². The van der Waals surface area contributed by atoms with Gasteiger partial charge in [0.25, 0.3) is 0 Å². The predicted molar refractivity (Wildman–Crippen MR) is 110 cm³/mol. The van der Waals surface area contributed by atoms with Gasteiger partial charge < -0.3 is 9.47 Å². The molecule has 28 heavy (non-hydrogen) atoms. The minimum Gasteiger partial charge on any atom is -0.493 e. The molecular formula is C23H28BrNO3. The van der Waals surface area contributed by atoms with Crippen molar-refractivity contribution in [3.63, 3.8) is 0 Å². The van der Waals surface area contributed by atoms with Gasteiger partial charge in [-0.15, -0.1) is 0 Å². The fraction of sp³-hybridized carbons (Fsp3) is 0.696. The summed E-state index contributed by atoms with van der Waals surface area (Å²) in [6.45, 7) is 4.43. The number of methoxy groups -OCH3 is 1. The van der Waals surface area contributed by atoms with Crippen molar-refractivity contribution in [2.75, 3.05) is 20.2 Å². The van der Waals surface area contributed by atoms with E-state index in [2.05, 4.69) is 27.8 Å². The number of benzene rings is 1. The molecule has 1 aromatic rings. The van der Waals surface area contributed by atoms with E-state index in [0.717, 1.165) is 47.7 Å². The smallest absolute Gasteiger partial charge is 0.177 e. The number of likely N-dealkylation sites (tertiary alicyclic amines) is 1. The lowest BCUT2D eigenvalue weighted by Crippen LogP contribution is -2.67. The Balaban J connectivity index is 1.52. The van der Waals surface area contributed by atoms with Crippen molar-refractivity contribution in [1.29, 1.82) is 0 Å². The van der Waals surface area contributed by atoms with Crippen LogP contribution in [0.25, 0.3) is 0 Å². The highest BCUT2D eigenvalue weighted by molar-refractivity contribution is 9.10. The largest absolute Gasteiger partial charge is 0.493 e. The van der Waals surface area contributed by atoms with Gasteiger partial charge in [0.05, 0.1) is 7.11 Å². The molecule has 3 aliphatic carbocycles. The summed E-state index contributed by atoms with van der Waals surface area (Å²) in [7, 11) is 1.70. The van der Waals surface area contributed by atoms with Crippen molar-refractivity contribution in [1.82, 2.24) is 4.90 Å². The predicted octanol–water partition coefficient (Wildman–Crippen LogP) is 4.11. The summed E-state index contributed by atoms with van der Waals surface area (Å²) in [6, 6.07) is 2.57. The van der Waals surface area contributed by atoms with Crippen molar-refractivity contribution in [3.8, 4) is 11.5 Å². The Labute approximate surface area is 175 Å². The fourth-order valence-electron chi connectivity index (χ4n) is 7.02. The number of ketones is 1. The zero-order valence-corrected chi connectivity index (χ0v) is 18.3. The molecule has 5 atom stereocenters. The summed E-state index contributed by atoms with van der Waals surface area (Å²) in [5.74, 6) is 3.38. The number of hydrogen-bond donors (Lipinski definition) is 0. The number of carbonyl (C=O) groups excluding carboxylic acids is 1. The molecule has 2 bridgehead atoms. The fourth-order valence-corrected chi connectivity index (χ4v) is 7.59. The van der Waals surface area contributed by atoms with Gasteiger partial charge in [0, 0.05) is 34.0 Å². The quantitative estimate of drug-likeness (QED) is 0.701. The van der Waals surface area contributed by atoms with E-state index in [-0.39, 0.29) is 17.4 Å². The van der Waals surface area contributed by atoms with Crippen LogP contribution < -0.4 is 9.47 Å². The SMILES string of the molecule is COc1cc(Br)c2c3c1O[C@H]1C(=O)[C@@H](C)C[C@H]4[C@@H](C2)N(CC2CCC2)CC[C@]314. The summed E-state index contributed by atoms with van der Waals surface area (Å²) in [5, 5.41) is 0. The molecule has 0 radical (unpaired) electrons. The van der Waals surface area contributed by atoms with Gasteiger partial charge in [-0.25, -0.2) is 0 Å². The van der Waals surface area contributed by atoms with Gasteiger partial charge in [0.15, 0.2) is 23.4 Å². The third-order valence-corrected chi connectivity index (χ3v) is 9.29. The van der Waals surface area contributed by atoms with Gasteiger partial charge in [-0.05, 0) is 62.1 Å². The summed E-state index contributed by atoms with van der Waals surface area (Å²) < 4.78 is 13.3. The Hall–Kier alpha value is -1.07. The van der Waals surface area contributed by atoms with E-state index in [1.807, 2.05) is 6.07 Å². The Bertz CT molecular complexity index is 866. The van der Waals surface area contributed by atoms with Gasteiger partial charge in [0.2, 0.25) is 0 Å². The number of carbonyl (C=O) groups is 1. The average molecular weight is 446 g/mol. The van der Waals surface area contributed by atoms with Crippen molar-refractivity contribution in [3.05, 3.63) is 21.7 Å². The summed E-state index contributed by atoms with van der Waals surface area (Å²) in [5.41, 5.74) is 2.51. The third-order valence-electron chi connectivity index (χ3n) is 8.58. The number of ether oxygens (including phenoxy) is 2. The van der Waals surface area contributed by atoms with Crippen LogP contribution in [0.4, 0.5) is 0 Å². The highest BCUT2D eigenvalue weighted by Crippen LogP contribution is 2.65. The van der Waals surface area contributed by atoms with E-state index in [9.17, 15) is 4.79 Å². The number of piperidine rings is 1. The lowest BCUT2D eigenvalue weighted by atomic mass is 9.50. The monoisotopic (exact) mass is 445 g/mol. The first kappa shape index (κ1) is 17.8. The van der Waals surface area contributed by atoms with E-state index < -0.39 is 0 Å². The standard InChI is InChI=1S/C23H28BrNO3/c1-12-8-15-17-9-14-16(24)10-18(27-2)21-19(14)23(15,22(28-21)20(12)26)6-7-25(17)11-13-4-3-5-13/h10,12-13,15,17,22H,3-9,11H2,1-2H3/t12-,15-,17+,22-,23-/m0/s1. The van der Waals surface area contributed by atoms with Crippen molar-refractivity contribution >= 4 is 21.7 Å². The molecule has 3 fully saturated rings. The maximum atomic E-state index is 13.3. The van der Waals surface area contributed by atoms with Crippen LogP contribution in [-0.2, 0) is 16.6 Å². The van der Waals surface area contributed by atoms with Crippen LogP contribution in [0.15, 0.2) is 10.5 Å². The normalized spacial score (nSPS) is 38.6. The molecule has 0 N–H and O–H groups in total. The number of hydrogen-bond acceptors (Lipinski definition) is 4. The summed E-state index contributed by atoms with van der Waals surface area (Å²) in [6.07, 6.45) is 6.94. The van der Waals surface area contributed by atoms with Crippen LogP contribution in [0.1, 0.15) is 50.2 Å². The Kier molecular flexibility index (Phi) is 3.79. The van der Waals surface area contributed by atoms with Crippen molar-refractivity contribution < 1.29 is 14.3 Å². The molecule has 2 aliphatic heterocycles. The van der Waals surface area contributed by atoms with E-state index in [1.54, 1.807) is 7.11 Å². The second kappa shape index (κ2) is 5.98. The second-order valence-electron chi connectivity index (χ2n) is 9.74. The molecule has 0 unspecified atom stereocenters. The van der Waals surface area contributed by atoms with Gasteiger partial charge in [0.1, 0.15) is 0 Å². The molecule has 2 heterocycles. The lowest BCUT2D eigenvalue weighted by Gasteiger charge is -2.59. The molecule has 0 aromatic heterocycles. The van der Waals surface area contributed by atoms with Crippen LogP contribution in [-0.4, -0.2) is 43.0 Å². The summed E-state index contributed by atoms with van der Waals surface area (Å²) >= 11 is 3.83. The number of halogens is 1. The highest BCUT2D eigenvalue weighted by atomic mass is 79.9. The van der Waals surface area contributed by atoms with Crippen LogP contribution in [0, 0.1) is 17.8 Å². The maximum Gasteiger partial charge on any atom is 0.177 e. The van der Waals surface area contributed by atoms with Crippen molar-refractivity contribution in [2.24, 2.45) is 17.8 Å². The topological polar surface area (TPSA) is 38.8 Å². The Morgan fingerprint density at radius 2 is 2.21 bits per heavy atom. The molecule has 5 aliphatic rings. The number of Topliss-reactive ketones (excluding diaryl/α,β-unsaturated/α-hetero) is 1. The van der Waals surface area contributed by atoms with E-state index in [1.165, 1.54) is 36.9 Å². The zero-order valence-electron chi connectivity index (χ0n) is 16.7. The average Bonchev–Trinajstić information content (AvgIpc) is 2.98. The van der Waals surface area contributed by atoms with Gasteiger partial charge >= 0.3 is 0 Å². The maximum absolute atomic E-state index is 13.3. The highest BCUT2D eigenvalue weighted by Gasteiger charge is 2.67. The summed E-state index contributed by atoms with van der Waals surface area (Å²) in [4.78, 5) is 16.0. The minimum absolute atomic E-state index is 0.0829. The molecule has 4 nitrogen and oxygen atoms in total. The Morgan fingerprint density at radius 1 is 1.39 bits per heavy atom. The molecule has 0 amide bonds. The molecule has 6 rings (SSSR count). The van der Waals surface area contributed by atoms with E-state index in [0.29, 0.717) is 17.7 Å². The van der Waals surface area contributed by atoms with E-state index in [4.69, 9.17) is 9.47 Å². The van der Waals surface area contributed by atoms with Crippen LogP contribution in [0.2, 0.25) is 0 Å². The minimum atomic E-state index is -0.327. The van der Waals surface area contributed by atoms with Gasteiger partial charge in [-0.1, -0.05) is 29.3 Å². The third kappa shape index (κ3) is 2.08. The molecule has 1 saturated heterocycles. The van der Waals surface area contributed by atoms with Gasteiger partial charge in [-0.2, -0.15) is 0 Å². The second-order valence-corrected chi connectivity index (χ2v) is 10.6. The number of rotatable bonds is 3. The zero-order chi connectivity index (χ0) is 19.2. The molecule has 1 aromatic carbocycles. The van der Waals surface area contributed by atoms with E-state index >= 15 is 0 Å². The van der Waals surface area contributed by atoms with Crippen LogP contribution >= 0.6 is 15.9 Å². The molecule has 2 saturated carbocycles. The first-order valence-corrected chi connectivity index (χ1v) is 11.7. The number of nitrogens with zero attached hydrogens (tertiary/aromatic N) is 1. The molecule has 150 valence electrons. The van der Waals surface area contributed by atoms with Crippen molar-refractivity contribution in [2.45, 2.75) is 63.0 Å². The van der Waals surface area contributed by atoms with Crippen LogP contribution in [0.5, 0.6) is 11.5 Å². The molecule has 1 spiro atoms. The first-order valence-electron chi connectivity index (χ1n) is 10.9.